The molecular weight excluding hydrogens is 355 g/mol. The van der Waals surface area contributed by atoms with Crippen molar-refractivity contribution in [3.63, 3.8) is 0 Å². The van der Waals surface area contributed by atoms with Crippen LogP contribution in [0.2, 0.25) is 0 Å². The molecule has 2 rings (SSSR count). The van der Waals surface area contributed by atoms with Crippen molar-refractivity contribution in [3.8, 4) is 0 Å². The smallest absolute Gasteiger partial charge is 0.266 e. The lowest BCUT2D eigenvalue weighted by Gasteiger charge is -2.07. The lowest BCUT2D eigenvalue weighted by atomic mass is 10.2. The van der Waals surface area contributed by atoms with Crippen molar-refractivity contribution in [1.29, 1.82) is 0 Å². The van der Waals surface area contributed by atoms with Crippen LogP contribution in [0.1, 0.15) is 5.56 Å². The largest absolute Gasteiger partial charge is 0.365 e. The Balaban J connectivity index is 2.19. The second kappa shape index (κ2) is 5.42. The first-order chi connectivity index (χ1) is 8.58. The highest BCUT2D eigenvalue weighted by molar-refractivity contribution is 14.1. The summed E-state index contributed by atoms with van der Waals surface area (Å²) in [6.45, 7) is 0.0516. The number of hydrogen-bond acceptors (Lipinski definition) is 3. The van der Waals surface area contributed by atoms with Gasteiger partial charge >= 0.3 is 0 Å². The van der Waals surface area contributed by atoms with Crippen LogP contribution in [0.5, 0.6) is 0 Å². The minimum atomic E-state index is -0.512. The maximum absolute atomic E-state index is 13.4. The number of hydrogen-bond donors (Lipinski definition) is 2. The average molecular weight is 363 g/mol. The Kier molecular flexibility index (Phi) is 3.90. The first-order valence-electron chi connectivity index (χ1n) is 4.99. The van der Waals surface area contributed by atoms with Gasteiger partial charge in [0.2, 0.25) is 0 Å². The fourth-order valence-electron chi connectivity index (χ4n) is 1.36. The quantitative estimate of drug-likeness (QED) is 0.823. The summed E-state index contributed by atoms with van der Waals surface area (Å²) >= 11 is 1.83. The molecule has 18 heavy (non-hydrogen) atoms. The molecule has 0 fully saturated rings. The van der Waals surface area contributed by atoms with E-state index in [4.69, 9.17) is 0 Å². The summed E-state index contributed by atoms with van der Waals surface area (Å²) in [6, 6.07) is 3.21. The Morgan fingerprint density at radius 3 is 2.94 bits per heavy atom. The van der Waals surface area contributed by atoms with E-state index in [-0.39, 0.29) is 17.7 Å². The van der Waals surface area contributed by atoms with E-state index in [0.717, 1.165) is 18.2 Å². The minimum absolute atomic E-state index is 0.0516. The number of halogens is 3. The zero-order valence-electron chi connectivity index (χ0n) is 9.01. The zero-order chi connectivity index (χ0) is 13.1. The van der Waals surface area contributed by atoms with Crippen molar-refractivity contribution >= 4 is 28.4 Å². The maximum atomic E-state index is 13.4. The molecule has 2 aromatic rings. The predicted octanol–water partition coefficient (Wildman–Crippen LogP) is 2.26. The fraction of sp³-hybridized carbons (Fsp3) is 0.0909. The average Bonchev–Trinajstić information content (AvgIpc) is 2.35. The van der Waals surface area contributed by atoms with Gasteiger partial charge in [0.15, 0.2) is 0 Å². The summed E-state index contributed by atoms with van der Waals surface area (Å²) in [6.07, 6.45) is 1.24. The van der Waals surface area contributed by atoms with E-state index in [1.165, 1.54) is 6.33 Å². The van der Waals surface area contributed by atoms with Gasteiger partial charge in [-0.15, -0.1) is 0 Å². The molecule has 0 unspecified atom stereocenters. The molecule has 0 aliphatic heterocycles. The highest BCUT2D eigenvalue weighted by atomic mass is 127. The summed E-state index contributed by atoms with van der Waals surface area (Å²) in [5.41, 5.74) is -0.110. The van der Waals surface area contributed by atoms with E-state index in [0.29, 0.717) is 9.39 Å². The maximum Gasteiger partial charge on any atom is 0.266 e. The van der Waals surface area contributed by atoms with Crippen LogP contribution in [0.4, 0.5) is 14.6 Å². The molecule has 0 spiro atoms. The van der Waals surface area contributed by atoms with Crippen LogP contribution < -0.4 is 10.9 Å². The summed E-state index contributed by atoms with van der Waals surface area (Å²) in [4.78, 5) is 17.6. The lowest BCUT2D eigenvalue weighted by molar-refractivity contribution is 0.587. The number of nitrogens with zero attached hydrogens (tertiary/aromatic N) is 1. The third-order valence-corrected chi connectivity index (χ3v) is 3.25. The number of rotatable bonds is 3. The molecule has 1 heterocycles. The molecule has 0 saturated heterocycles. The third kappa shape index (κ3) is 2.84. The number of nitrogens with one attached hydrogen (secondary N) is 2. The molecule has 0 amide bonds. The lowest BCUT2D eigenvalue weighted by Crippen LogP contribution is -2.15. The number of anilines is 1. The first kappa shape index (κ1) is 12.9. The van der Waals surface area contributed by atoms with Crippen LogP contribution in [0.25, 0.3) is 0 Å². The molecule has 94 valence electrons. The molecular formula is C11H8F2IN3O. The van der Waals surface area contributed by atoms with Gasteiger partial charge in [0, 0.05) is 12.1 Å². The number of aromatic nitrogens is 2. The molecule has 0 radical (unpaired) electrons. The van der Waals surface area contributed by atoms with E-state index in [1.807, 2.05) is 22.6 Å². The van der Waals surface area contributed by atoms with Crippen LogP contribution in [-0.2, 0) is 6.54 Å². The molecule has 0 aliphatic carbocycles. The SMILES string of the molecule is O=c1[nH]cnc(NCc2cc(F)ccc2F)c1I. The second-order valence-corrected chi connectivity index (χ2v) is 4.56. The molecule has 2 N–H and O–H groups in total. The van der Waals surface area contributed by atoms with Gasteiger partial charge in [-0.2, -0.15) is 0 Å². The normalized spacial score (nSPS) is 10.4. The molecule has 1 aromatic heterocycles. The minimum Gasteiger partial charge on any atom is -0.365 e. The Labute approximate surface area is 115 Å². The monoisotopic (exact) mass is 363 g/mol. The van der Waals surface area contributed by atoms with Gasteiger partial charge in [0.1, 0.15) is 21.0 Å². The van der Waals surface area contributed by atoms with Gasteiger partial charge in [-0.25, -0.2) is 13.8 Å². The van der Waals surface area contributed by atoms with Crippen molar-refractivity contribution in [2.24, 2.45) is 0 Å². The van der Waals surface area contributed by atoms with Gasteiger partial charge in [-0.05, 0) is 40.8 Å². The molecule has 0 saturated carbocycles. The van der Waals surface area contributed by atoms with Crippen molar-refractivity contribution in [2.75, 3.05) is 5.32 Å². The highest BCUT2D eigenvalue weighted by Gasteiger charge is 2.07. The van der Waals surface area contributed by atoms with Crippen molar-refractivity contribution in [3.05, 3.63) is 55.6 Å². The van der Waals surface area contributed by atoms with Crippen LogP contribution in [0, 0.1) is 15.2 Å². The predicted molar refractivity (Wildman–Crippen MR) is 71.3 cm³/mol. The first-order valence-corrected chi connectivity index (χ1v) is 6.07. The number of benzene rings is 1. The number of H-pyrrole nitrogens is 1. The summed E-state index contributed by atoms with van der Waals surface area (Å²) < 4.78 is 26.7. The Bertz CT molecular complexity index is 630. The molecule has 0 atom stereocenters. The van der Waals surface area contributed by atoms with E-state index in [9.17, 15) is 13.6 Å². The van der Waals surface area contributed by atoms with E-state index in [1.54, 1.807) is 0 Å². The van der Waals surface area contributed by atoms with Gasteiger partial charge in [0.05, 0.1) is 6.33 Å². The fourth-order valence-corrected chi connectivity index (χ4v) is 1.85. The Morgan fingerprint density at radius 1 is 1.39 bits per heavy atom. The van der Waals surface area contributed by atoms with Crippen molar-refractivity contribution in [2.45, 2.75) is 6.54 Å². The zero-order valence-corrected chi connectivity index (χ0v) is 11.2. The van der Waals surface area contributed by atoms with Gasteiger partial charge < -0.3 is 10.3 Å². The Hall–Kier alpha value is -1.51. The third-order valence-electron chi connectivity index (χ3n) is 2.25. The van der Waals surface area contributed by atoms with Crippen LogP contribution >= 0.6 is 22.6 Å². The summed E-state index contributed by atoms with van der Waals surface area (Å²) in [5, 5.41) is 2.79. The standard InChI is InChI=1S/C11H8F2IN3O/c12-7-1-2-8(13)6(3-7)4-15-10-9(14)11(18)17-5-16-10/h1-3,5H,4H2,(H2,15,16,17,18). The van der Waals surface area contributed by atoms with E-state index < -0.39 is 11.6 Å². The van der Waals surface area contributed by atoms with Crippen molar-refractivity contribution < 1.29 is 8.78 Å². The Morgan fingerprint density at radius 2 is 2.17 bits per heavy atom. The molecule has 4 nitrogen and oxygen atoms in total. The van der Waals surface area contributed by atoms with Crippen LogP contribution in [-0.4, -0.2) is 9.97 Å². The molecule has 7 heteroatoms. The van der Waals surface area contributed by atoms with Gasteiger partial charge in [-0.1, -0.05) is 0 Å². The van der Waals surface area contributed by atoms with E-state index >= 15 is 0 Å². The van der Waals surface area contributed by atoms with E-state index in [2.05, 4.69) is 15.3 Å². The molecule has 0 bridgehead atoms. The van der Waals surface area contributed by atoms with Gasteiger partial charge in [-0.3, -0.25) is 4.79 Å². The van der Waals surface area contributed by atoms with Crippen LogP contribution in [0.15, 0.2) is 29.3 Å². The molecule has 1 aromatic carbocycles. The second-order valence-electron chi connectivity index (χ2n) is 3.48. The van der Waals surface area contributed by atoms with Gasteiger partial charge in [0.25, 0.3) is 5.56 Å². The summed E-state index contributed by atoms with van der Waals surface area (Å²) in [5.74, 6) is -0.687. The highest BCUT2D eigenvalue weighted by Crippen LogP contribution is 2.14. The molecule has 0 aliphatic rings. The number of aromatic amines is 1. The van der Waals surface area contributed by atoms with Crippen molar-refractivity contribution in [1.82, 2.24) is 9.97 Å². The van der Waals surface area contributed by atoms with Crippen LogP contribution in [0.3, 0.4) is 0 Å². The topological polar surface area (TPSA) is 57.8 Å². The summed E-state index contributed by atoms with van der Waals surface area (Å²) in [7, 11) is 0.